The van der Waals surface area contributed by atoms with Gasteiger partial charge in [0, 0.05) is 12.6 Å². The summed E-state index contributed by atoms with van der Waals surface area (Å²) in [6, 6.07) is 6.18. The zero-order valence-corrected chi connectivity index (χ0v) is 9.67. The molecule has 2 nitrogen and oxygen atoms in total. The Hall–Kier alpha value is -0.890. The molecular formula is C11H17ClN2. The van der Waals surface area contributed by atoms with Gasteiger partial charge in [-0.25, -0.2) is 0 Å². The van der Waals surface area contributed by atoms with Crippen LogP contribution >= 0.6 is 11.6 Å². The van der Waals surface area contributed by atoms with Crippen molar-refractivity contribution in [3.8, 4) is 0 Å². The number of para-hydroxylation sites is 1. The van der Waals surface area contributed by atoms with E-state index in [1.807, 2.05) is 18.2 Å². The lowest BCUT2D eigenvalue weighted by atomic mass is 10.2. The predicted molar refractivity (Wildman–Crippen MR) is 64.0 cm³/mol. The van der Waals surface area contributed by atoms with Crippen LogP contribution in [0, 0.1) is 0 Å². The lowest BCUT2D eigenvalue weighted by Crippen LogP contribution is -2.30. The molecule has 0 aliphatic rings. The molecule has 78 valence electrons. The standard InChI is InChI=1S/C11H17ClN2/c1-4-14(8(2)3)10-7-5-6-9(12)11(10)13/h5-8H,4,13H2,1-3H3. The third-order valence-corrected chi connectivity index (χ3v) is 2.63. The summed E-state index contributed by atoms with van der Waals surface area (Å²) >= 11 is 5.97. The van der Waals surface area contributed by atoms with Gasteiger partial charge >= 0.3 is 0 Å². The Labute approximate surface area is 90.7 Å². The number of nitrogens with zero attached hydrogens (tertiary/aromatic N) is 1. The molecule has 1 rings (SSSR count). The van der Waals surface area contributed by atoms with Gasteiger partial charge in [0.15, 0.2) is 0 Å². The summed E-state index contributed by atoms with van der Waals surface area (Å²) in [7, 11) is 0. The minimum atomic E-state index is 0.431. The Kier molecular flexibility index (Phi) is 3.64. The quantitative estimate of drug-likeness (QED) is 0.780. The van der Waals surface area contributed by atoms with Gasteiger partial charge in [0.2, 0.25) is 0 Å². The second kappa shape index (κ2) is 4.56. The van der Waals surface area contributed by atoms with Crippen molar-refractivity contribution < 1.29 is 0 Å². The number of nitrogen functional groups attached to an aromatic ring is 1. The van der Waals surface area contributed by atoms with E-state index in [1.54, 1.807) is 0 Å². The highest BCUT2D eigenvalue weighted by atomic mass is 35.5. The smallest absolute Gasteiger partial charge is 0.0741 e. The van der Waals surface area contributed by atoms with E-state index >= 15 is 0 Å². The highest BCUT2D eigenvalue weighted by Gasteiger charge is 2.12. The fourth-order valence-electron chi connectivity index (χ4n) is 1.59. The van der Waals surface area contributed by atoms with Crippen LogP contribution in [0.25, 0.3) is 0 Å². The molecule has 0 saturated heterocycles. The highest BCUT2D eigenvalue weighted by molar-refractivity contribution is 6.33. The second-order valence-corrected chi connectivity index (χ2v) is 3.96. The summed E-state index contributed by atoms with van der Waals surface area (Å²) in [4.78, 5) is 2.22. The number of hydrogen-bond donors (Lipinski definition) is 1. The van der Waals surface area contributed by atoms with E-state index < -0.39 is 0 Å². The lowest BCUT2D eigenvalue weighted by Gasteiger charge is -2.28. The zero-order valence-electron chi connectivity index (χ0n) is 8.92. The van der Waals surface area contributed by atoms with Gasteiger partial charge in [0.05, 0.1) is 16.4 Å². The Morgan fingerprint density at radius 2 is 2.07 bits per heavy atom. The van der Waals surface area contributed by atoms with Crippen LogP contribution in [0.3, 0.4) is 0 Å². The molecule has 14 heavy (non-hydrogen) atoms. The Morgan fingerprint density at radius 3 is 2.57 bits per heavy atom. The van der Waals surface area contributed by atoms with Crippen molar-refractivity contribution in [3.63, 3.8) is 0 Å². The van der Waals surface area contributed by atoms with Gasteiger partial charge in [-0.1, -0.05) is 17.7 Å². The topological polar surface area (TPSA) is 29.3 Å². The minimum absolute atomic E-state index is 0.431. The van der Waals surface area contributed by atoms with Gasteiger partial charge < -0.3 is 10.6 Å². The Balaban J connectivity index is 3.10. The monoisotopic (exact) mass is 212 g/mol. The SMILES string of the molecule is CCN(c1cccc(Cl)c1N)C(C)C. The molecule has 1 aromatic rings. The van der Waals surface area contributed by atoms with E-state index in [9.17, 15) is 0 Å². The van der Waals surface area contributed by atoms with Gasteiger partial charge in [-0.15, -0.1) is 0 Å². The molecule has 0 aliphatic heterocycles. The van der Waals surface area contributed by atoms with Gasteiger partial charge in [0.1, 0.15) is 0 Å². The van der Waals surface area contributed by atoms with E-state index in [1.165, 1.54) is 0 Å². The lowest BCUT2D eigenvalue weighted by molar-refractivity contribution is 0.705. The molecule has 2 N–H and O–H groups in total. The number of hydrogen-bond acceptors (Lipinski definition) is 2. The van der Waals surface area contributed by atoms with Crippen molar-refractivity contribution in [1.29, 1.82) is 0 Å². The molecule has 3 heteroatoms. The Morgan fingerprint density at radius 1 is 1.43 bits per heavy atom. The first-order chi connectivity index (χ1) is 6.57. The first-order valence-corrected chi connectivity index (χ1v) is 5.26. The van der Waals surface area contributed by atoms with Crippen molar-refractivity contribution in [2.45, 2.75) is 26.8 Å². The van der Waals surface area contributed by atoms with E-state index in [0.29, 0.717) is 16.8 Å². The molecular weight excluding hydrogens is 196 g/mol. The molecule has 0 fully saturated rings. The Bertz CT molecular complexity index is 310. The van der Waals surface area contributed by atoms with Crippen LogP contribution in [0.15, 0.2) is 18.2 Å². The van der Waals surface area contributed by atoms with Gasteiger partial charge in [-0.05, 0) is 32.9 Å². The number of benzene rings is 1. The number of nitrogens with two attached hydrogens (primary N) is 1. The predicted octanol–water partition coefficient (Wildman–Crippen LogP) is 3.16. The van der Waals surface area contributed by atoms with Crippen molar-refractivity contribution in [2.75, 3.05) is 17.2 Å². The minimum Gasteiger partial charge on any atom is -0.396 e. The van der Waals surface area contributed by atoms with E-state index in [4.69, 9.17) is 17.3 Å². The highest BCUT2D eigenvalue weighted by Crippen LogP contribution is 2.30. The van der Waals surface area contributed by atoms with Crippen LogP contribution in [0.2, 0.25) is 5.02 Å². The van der Waals surface area contributed by atoms with Gasteiger partial charge in [0.25, 0.3) is 0 Å². The maximum Gasteiger partial charge on any atom is 0.0741 e. The van der Waals surface area contributed by atoms with Crippen molar-refractivity contribution >= 4 is 23.0 Å². The average molecular weight is 213 g/mol. The molecule has 1 aromatic carbocycles. The summed E-state index contributed by atoms with van der Waals surface area (Å²) in [6.45, 7) is 7.33. The molecule has 0 aromatic heterocycles. The van der Waals surface area contributed by atoms with E-state index in [2.05, 4.69) is 25.7 Å². The number of anilines is 2. The van der Waals surface area contributed by atoms with Crippen LogP contribution in [0.5, 0.6) is 0 Å². The fourth-order valence-corrected chi connectivity index (χ4v) is 1.76. The maximum absolute atomic E-state index is 5.97. The molecule has 0 spiro atoms. The fraction of sp³-hybridized carbons (Fsp3) is 0.455. The largest absolute Gasteiger partial charge is 0.396 e. The van der Waals surface area contributed by atoms with Crippen LogP contribution in [0.1, 0.15) is 20.8 Å². The van der Waals surface area contributed by atoms with Crippen molar-refractivity contribution in [2.24, 2.45) is 0 Å². The summed E-state index contributed by atoms with van der Waals surface area (Å²) in [5.74, 6) is 0. The second-order valence-electron chi connectivity index (χ2n) is 3.55. The third-order valence-electron chi connectivity index (χ3n) is 2.30. The zero-order chi connectivity index (χ0) is 10.7. The van der Waals surface area contributed by atoms with Crippen LogP contribution < -0.4 is 10.6 Å². The molecule has 0 bridgehead atoms. The van der Waals surface area contributed by atoms with E-state index in [0.717, 1.165) is 12.2 Å². The summed E-state index contributed by atoms with van der Waals surface area (Å²) in [5.41, 5.74) is 7.62. The number of rotatable bonds is 3. The van der Waals surface area contributed by atoms with Crippen molar-refractivity contribution in [1.82, 2.24) is 0 Å². The van der Waals surface area contributed by atoms with Gasteiger partial charge in [-0.2, -0.15) is 0 Å². The summed E-state index contributed by atoms with van der Waals surface area (Å²) in [5, 5.41) is 0.626. The van der Waals surface area contributed by atoms with Crippen LogP contribution in [-0.4, -0.2) is 12.6 Å². The molecule has 0 atom stereocenters. The van der Waals surface area contributed by atoms with Crippen molar-refractivity contribution in [3.05, 3.63) is 23.2 Å². The first kappa shape index (κ1) is 11.2. The third kappa shape index (κ3) is 2.13. The summed E-state index contributed by atoms with van der Waals surface area (Å²) < 4.78 is 0. The normalized spacial score (nSPS) is 10.6. The molecule has 0 heterocycles. The molecule has 0 aliphatic carbocycles. The molecule has 0 saturated carbocycles. The molecule has 0 amide bonds. The van der Waals surface area contributed by atoms with Crippen LogP contribution in [0.4, 0.5) is 11.4 Å². The maximum atomic E-state index is 5.97. The molecule has 0 unspecified atom stereocenters. The summed E-state index contributed by atoms with van der Waals surface area (Å²) in [6.07, 6.45) is 0. The number of halogens is 1. The first-order valence-electron chi connectivity index (χ1n) is 4.88. The van der Waals surface area contributed by atoms with Gasteiger partial charge in [-0.3, -0.25) is 0 Å². The van der Waals surface area contributed by atoms with Crippen LogP contribution in [-0.2, 0) is 0 Å². The van der Waals surface area contributed by atoms with E-state index in [-0.39, 0.29) is 0 Å². The average Bonchev–Trinajstić information content (AvgIpc) is 2.13. The molecule has 0 radical (unpaired) electrons.